The molecule has 0 aliphatic carbocycles. The highest BCUT2D eigenvalue weighted by Gasteiger charge is 2.15. The Labute approximate surface area is 112 Å². The number of hydrogen-bond acceptors (Lipinski definition) is 6. The Morgan fingerprint density at radius 2 is 2.06 bits per heavy atom. The van der Waals surface area contributed by atoms with Crippen molar-refractivity contribution >= 4 is 23.5 Å². The molecule has 1 aliphatic rings. The quantitative estimate of drug-likeness (QED) is 0.821. The van der Waals surface area contributed by atoms with Crippen molar-refractivity contribution in [2.75, 3.05) is 43.1 Å². The Balaban J connectivity index is 2.05. The molecule has 100 valence electrons. The van der Waals surface area contributed by atoms with Gasteiger partial charge >= 0.3 is 0 Å². The monoisotopic (exact) mass is 271 g/mol. The van der Waals surface area contributed by atoms with Crippen molar-refractivity contribution in [1.29, 1.82) is 0 Å². The van der Waals surface area contributed by atoms with Crippen LogP contribution in [0.25, 0.3) is 0 Å². The van der Waals surface area contributed by atoms with E-state index in [4.69, 9.17) is 16.3 Å². The standard InChI is InChI=1S/C11H18ClN5O/c1-2-3-4-13-10-14-9(12)15-11(16-10)17-5-7-18-8-6-17/h2-8H2,1H3,(H,13,14,15,16). The first-order valence-electron chi connectivity index (χ1n) is 6.27. The lowest BCUT2D eigenvalue weighted by molar-refractivity contribution is 0.122. The summed E-state index contributed by atoms with van der Waals surface area (Å²) in [5.41, 5.74) is 0. The summed E-state index contributed by atoms with van der Waals surface area (Å²) in [6, 6.07) is 0. The van der Waals surface area contributed by atoms with Crippen molar-refractivity contribution < 1.29 is 4.74 Å². The van der Waals surface area contributed by atoms with Crippen LogP contribution in [0.5, 0.6) is 0 Å². The maximum atomic E-state index is 5.92. The van der Waals surface area contributed by atoms with Gasteiger partial charge in [-0.1, -0.05) is 13.3 Å². The van der Waals surface area contributed by atoms with Gasteiger partial charge in [-0.05, 0) is 18.0 Å². The van der Waals surface area contributed by atoms with Gasteiger partial charge in [-0.25, -0.2) is 0 Å². The Kier molecular flexibility index (Phi) is 4.95. The fourth-order valence-electron chi connectivity index (χ4n) is 1.70. The van der Waals surface area contributed by atoms with E-state index in [0.717, 1.165) is 32.5 Å². The van der Waals surface area contributed by atoms with Gasteiger partial charge in [0.15, 0.2) is 0 Å². The molecule has 0 saturated carbocycles. The van der Waals surface area contributed by atoms with Crippen LogP contribution in [0.3, 0.4) is 0 Å². The molecule has 0 amide bonds. The van der Waals surface area contributed by atoms with Crippen molar-refractivity contribution in [3.63, 3.8) is 0 Å². The maximum Gasteiger partial charge on any atom is 0.231 e. The van der Waals surface area contributed by atoms with Gasteiger partial charge in [0.25, 0.3) is 0 Å². The summed E-state index contributed by atoms with van der Waals surface area (Å²) in [6.07, 6.45) is 2.21. The predicted octanol–water partition coefficient (Wildman–Crippen LogP) is 1.57. The number of nitrogens with one attached hydrogen (secondary N) is 1. The molecule has 1 aliphatic heterocycles. The van der Waals surface area contributed by atoms with Crippen molar-refractivity contribution in [1.82, 2.24) is 15.0 Å². The van der Waals surface area contributed by atoms with Crippen LogP contribution in [0.2, 0.25) is 5.28 Å². The lowest BCUT2D eigenvalue weighted by Crippen LogP contribution is -2.37. The van der Waals surface area contributed by atoms with E-state index in [-0.39, 0.29) is 5.28 Å². The third-order valence-electron chi connectivity index (χ3n) is 2.70. The van der Waals surface area contributed by atoms with Crippen LogP contribution >= 0.6 is 11.6 Å². The van der Waals surface area contributed by atoms with Crippen LogP contribution in [0.4, 0.5) is 11.9 Å². The smallest absolute Gasteiger partial charge is 0.231 e. The number of hydrogen-bond donors (Lipinski definition) is 1. The van der Waals surface area contributed by atoms with E-state index in [2.05, 4.69) is 32.1 Å². The molecule has 1 aromatic heterocycles. The van der Waals surface area contributed by atoms with Gasteiger partial charge in [0.05, 0.1) is 13.2 Å². The van der Waals surface area contributed by atoms with E-state index < -0.39 is 0 Å². The van der Waals surface area contributed by atoms with Gasteiger partial charge < -0.3 is 15.0 Å². The number of morpholine rings is 1. The highest BCUT2D eigenvalue weighted by molar-refractivity contribution is 6.28. The first-order chi connectivity index (χ1) is 8.79. The van der Waals surface area contributed by atoms with E-state index in [1.165, 1.54) is 0 Å². The summed E-state index contributed by atoms with van der Waals surface area (Å²) in [5.74, 6) is 1.17. The Morgan fingerprint density at radius 3 is 2.78 bits per heavy atom. The molecule has 7 heteroatoms. The minimum Gasteiger partial charge on any atom is -0.378 e. The van der Waals surface area contributed by atoms with E-state index >= 15 is 0 Å². The number of unbranched alkanes of at least 4 members (excludes halogenated alkanes) is 1. The van der Waals surface area contributed by atoms with Gasteiger partial charge in [0.2, 0.25) is 17.2 Å². The van der Waals surface area contributed by atoms with Crippen molar-refractivity contribution in [2.45, 2.75) is 19.8 Å². The lowest BCUT2D eigenvalue weighted by Gasteiger charge is -2.26. The summed E-state index contributed by atoms with van der Waals surface area (Å²) in [6.45, 7) is 5.95. The highest BCUT2D eigenvalue weighted by atomic mass is 35.5. The van der Waals surface area contributed by atoms with Crippen molar-refractivity contribution in [3.8, 4) is 0 Å². The molecule has 0 bridgehead atoms. The predicted molar refractivity (Wildman–Crippen MR) is 71.3 cm³/mol. The van der Waals surface area contributed by atoms with Crippen LogP contribution in [0, 0.1) is 0 Å². The molecule has 1 aromatic rings. The molecular weight excluding hydrogens is 254 g/mol. The molecule has 2 rings (SSSR count). The number of anilines is 2. The molecule has 0 unspecified atom stereocenters. The topological polar surface area (TPSA) is 63.2 Å². The lowest BCUT2D eigenvalue weighted by atomic mass is 10.3. The Hall–Kier alpha value is -1.14. The first-order valence-corrected chi connectivity index (χ1v) is 6.65. The minimum atomic E-state index is 0.227. The second-order valence-electron chi connectivity index (χ2n) is 4.11. The summed E-state index contributed by atoms with van der Waals surface area (Å²) < 4.78 is 5.30. The molecule has 18 heavy (non-hydrogen) atoms. The van der Waals surface area contributed by atoms with Crippen LogP contribution in [0.1, 0.15) is 19.8 Å². The van der Waals surface area contributed by atoms with Gasteiger partial charge in [-0.2, -0.15) is 15.0 Å². The summed E-state index contributed by atoms with van der Waals surface area (Å²) in [5, 5.41) is 3.39. The Morgan fingerprint density at radius 1 is 1.28 bits per heavy atom. The summed E-state index contributed by atoms with van der Waals surface area (Å²) in [4.78, 5) is 14.7. The normalized spacial score (nSPS) is 15.8. The summed E-state index contributed by atoms with van der Waals surface area (Å²) in [7, 11) is 0. The molecule has 0 radical (unpaired) electrons. The van der Waals surface area contributed by atoms with Crippen molar-refractivity contribution in [2.24, 2.45) is 0 Å². The average Bonchev–Trinajstić information content (AvgIpc) is 2.39. The van der Waals surface area contributed by atoms with Gasteiger partial charge in [-0.3, -0.25) is 0 Å². The van der Waals surface area contributed by atoms with Crippen molar-refractivity contribution in [3.05, 3.63) is 5.28 Å². The minimum absolute atomic E-state index is 0.227. The molecular formula is C11H18ClN5O. The van der Waals surface area contributed by atoms with E-state index in [0.29, 0.717) is 25.1 Å². The van der Waals surface area contributed by atoms with Crippen LogP contribution in [0.15, 0.2) is 0 Å². The Bertz CT molecular complexity index is 384. The second kappa shape index (κ2) is 6.70. The molecule has 0 aromatic carbocycles. The number of ether oxygens (including phenoxy) is 1. The zero-order chi connectivity index (χ0) is 12.8. The number of rotatable bonds is 5. The molecule has 0 atom stereocenters. The number of aromatic nitrogens is 3. The zero-order valence-corrected chi connectivity index (χ0v) is 11.3. The average molecular weight is 272 g/mol. The highest BCUT2D eigenvalue weighted by Crippen LogP contribution is 2.15. The summed E-state index contributed by atoms with van der Waals surface area (Å²) >= 11 is 5.92. The van der Waals surface area contributed by atoms with Crippen LogP contribution in [-0.4, -0.2) is 47.8 Å². The molecule has 1 saturated heterocycles. The fourth-order valence-corrected chi connectivity index (χ4v) is 1.86. The largest absolute Gasteiger partial charge is 0.378 e. The van der Waals surface area contributed by atoms with E-state index in [9.17, 15) is 0 Å². The third kappa shape index (κ3) is 3.68. The zero-order valence-electron chi connectivity index (χ0n) is 10.5. The molecule has 0 spiro atoms. The van der Waals surface area contributed by atoms with Gasteiger partial charge in [0.1, 0.15) is 0 Å². The number of nitrogens with zero attached hydrogens (tertiary/aromatic N) is 4. The molecule has 6 nitrogen and oxygen atoms in total. The van der Waals surface area contributed by atoms with Gasteiger partial charge in [0, 0.05) is 19.6 Å². The van der Waals surface area contributed by atoms with Gasteiger partial charge in [-0.15, -0.1) is 0 Å². The SMILES string of the molecule is CCCCNc1nc(Cl)nc(N2CCOCC2)n1. The molecule has 2 heterocycles. The van der Waals surface area contributed by atoms with Crippen LogP contribution < -0.4 is 10.2 Å². The molecule has 1 fully saturated rings. The number of halogens is 1. The first kappa shape index (κ1) is 13.3. The van der Waals surface area contributed by atoms with E-state index in [1.54, 1.807) is 0 Å². The maximum absolute atomic E-state index is 5.92. The fraction of sp³-hybridized carbons (Fsp3) is 0.727. The third-order valence-corrected chi connectivity index (χ3v) is 2.87. The molecule has 1 N–H and O–H groups in total. The second-order valence-corrected chi connectivity index (χ2v) is 4.45. The van der Waals surface area contributed by atoms with Crippen LogP contribution in [-0.2, 0) is 4.74 Å². The van der Waals surface area contributed by atoms with E-state index in [1.807, 2.05) is 0 Å².